The van der Waals surface area contributed by atoms with E-state index in [0.717, 1.165) is 38.5 Å². The summed E-state index contributed by atoms with van der Waals surface area (Å²) in [5.41, 5.74) is 1.04. The van der Waals surface area contributed by atoms with E-state index in [1.807, 2.05) is 37.3 Å². The van der Waals surface area contributed by atoms with Crippen molar-refractivity contribution in [2.75, 3.05) is 24.9 Å². The van der Waals surface area contributed by atoms with Gasteiger partial charge in [-0.05, 0) is 61.5 Å². The summed E-state index contributed by atoms with van der Waals surface area (Å²) in [5.74, 6) is 1.21. The normalized spacial score (nSPS) is 11.3. The Balaban J connectivity index is 1.45. The molecule has 1 aromatic heterocycles. The summed E-state index contributed by atoms with van der Waals surface area (Å²) >= 11 is 7.13. The number of urea groups is 1. The molecular weight excluding hydrogens is 527 g/mol. The molecule has 4 rings (SSSR count). The lowest BCUT2D eigenvalue weighted by atomic mass is 10.2. The van der Waals surface area contributed by atoms with Crippen molar-refractivity contribution in [3.8, 4) is 11.5 Å². The standard InChI is InChI=1S/C26H21ClF3N3O3S/c1-14-24(11-15-10-22(35-2)23(36-3)13-21(15)31-14)37-18-7-4-16(5-8-18)32-25(34)33-17-6-9-20(27)19(12-17)26(28,29)30/h4-13H,1-3H3,(H2,32,33,34). The molecule has 3 aromatic carbocycles. The first kappa shape index (κ1) is 26.4. The average Bonchev–Trinajstić information content (AvgIpc) is 2.85. The molecular formula is C26H21ClF3N3O3S. The van der Waals surface area contributed by atoms with E-state index in [4.69, 9.17) is 21.1 Å². The van der Waals surface area contributed by atoms with Gasteiger partial charge >= 0.3 is 12.2 Å². The first-order valence-electron chi connectivity index (χ1n) is 10.8. The Kier molecular flexibility index (Phi) is 7.70. The van der Waals surface area contributed by atoms with Crippen LogP contribution in [0.25, 0.3) is 10.9 Å². The number of hydrogen-bond acceptors (Lipinski definition) is 5. The zero-order valence-electron chi connectivity index (χ0n) is 19.9. The van der Waals surface area contributed by atoms with E-state index in [2.05, 4.69) is 15.6 Å². The van der Waals surface area contributed by atoms with Crippen molar-refractivity contribution in [1.82, 2.24) is 4.98 Å². The van der Waals surface area contributed by atoms with E-state index in [-0.39, 0.29) is 5.69 Å². The number of hydrogen-bond donors (Lipinski definition) is 2. The predicted octanol–water partition coefficient (Wildman–Crippen LogP) is 8.03. The summed E-state index contributed by atoms with van der Waals surface area (Å²) in [6, 6.07) is 15.2. The fourth-order valence-electron chi connectivity index (χ4n) is 3.53. The number of nitrogens with zero attached hydrogens (tertiary/aromatic N) is 1. The third kappa shape index (κ3) is 6.20. The summed E-state index contributed by atoms with van der Waals surface area (Å²) in [6.45, 7) is 1.92. The van der Waals surface area contributed by atoms with Crippen LogP contribution >= 0.6 is 23.4 Å². The number of aromatic nitrogens is 1. The third-order valence-corrected chi connectivity index (χ3v) is 6.80. The SMILES string of the molecule is COc1cc2cc(Sc3ccc(NC(=O)Nc4ccc(Cl)c(C(F)(F)F)c4)cc3)c(C)nc2cc1OC. The van der Waals surface area contributed by atoms with E-state index in [1.165, 1.54) is 17.8 Å². The van der Waals surface area contributed by atoms with Gasteiger partial charge in [0.05, 0.1) is 36.0 Å². The Hall–Kier alpha value is -3.63. The quantitative estimate of drug-likeness (QED) is 0.256. The summed E-state index contributed by atoms with van der Waals surface area (Å²) in [7, 11) is 3.15. The number of pyridine rings is 1. The number of aryl methyl sites for hydroxylation is 1. The molecule has 37 heavy (non-hydrogen) atoms. The van der Waals surface area contributed by atoms with Gasteiger partial charge in [0, 0.05) is 32.6 Å². The maximum atomic E-state index is 13.0. The van der Waals surface area contributed by atoms with Crippen LogP contribution in [0.2, 0.25) is 5.02 Å². The van der Waals surface area contributed by atoms with Crippen molar-refractivity contribution in [2.24, 2.45) is 0 Å². The molecule has 0 saturated heterocycles. The Morgan fingerprint density at radius 3 is 2.19 bits per heavy atom. The van der Waals surface area contributed by atoms with Crippen LogP contribution in [-0.4, -0.2) is 25.2 Å². The molecule has 0 aliphatic heterocycles. The van der Waals surface area contributed by atoms with Gasteiger partial charge in [-0.25, -0.2) is 4.79 Å². The van der Waals surface area contributed by atoms with Crippen LogP contribution in [0.5, 0.6) is 11.5 Å². The maximum Gasteiger partial charge on any atom is 0.417 e. The molecule has 2 amide bonds. The second-order valence-corrected chi connectivity index (χ2v) is 9.39. The van der Waals surface area contributed by atoms with Gasteiger partial charge in [0.1, 0.15) is 0 Å². The van der Waals surface area contributed by atoms with E-state index < -0.39 is 22.8 Å². The zero-order chi connectivity index (χ0) is 26.7. The van der Waals surface area contributed by atoms with Gasteiger partial charge in [0.25, 0.3) is 0 Å². The van der Waals surface area contributed by atoms with Gasteiger partial charge in [0.2, 0.25) is 0 Å². The molecule has 11 heteroatoms. The van der Waals surface area contributed by atoms with Crippen molar-refractivity contribution in [3.05, 3.63) is 76.9 Å². The number of rotatable bonds is 6. The van der Waals surface area contributed by atoms with Gasteiger partial charge in [-0.2, -0.15) is 13.2 Å². The number of halogens is 4. The van der Waals surface area contributed by atoms with Gasteiger partial charge in [0.15, 0.2) is 11.5 Å². The van der Waals surface area contributed by atoms with Crippen LogP contribution in [0.4, 0.5) is 29.3 Å². The van der Waals surface area contributed by atoms with E-state index in [1.54, 1.807) is 26.4 Å². The summed E-state index contributed by atoms with van der Waals surface area (Å²) in [6.07, 6.45) is -4.63. The van der Waals surface area contributed by atoms with Crippen molar-refractivity contribution < 1.29 is 27.4 Å². The largest absolute Gasteiger partial charge is 0.493 e. The maximum absolute atomic E-state index is 13.0. The molecule has 2 N–H and O–H groups in total. The third-order valence-electron chi connectivity index (χ3n) is 5.33. The Morgan fingerprint density at radius 2 is 1.54 bits per heavy atom. The molecule has 0 atom stereocenters. The minimum Gasteiger partial charge on any atom is -0.493 e. The Labute approximate surface area is 220 Å². The van der Waals surface area contributed by atoms with Gasteiger partial charge in [-0.3, -0.25) is 4.98 Å². The lowest BCUT2D eigenvalue weighted by Crippen LogP contribution is -2.19. The lowest BCUT2D eigenvalue weighted by molar-refractivity contribution is -0.137. The molecule has 4 aromatic rings. The minimum absolute atomic E-state index is 0.0325. The zero-order valence-corrected chi connectivity index (χ0v) is 21.4. The van der Waals surface area contributed by atoms with Gasteiger partial charge in [-0.15, -0.1) is 0 Å². The highest BCUT2D eigenvalue weighted by Gasteiger charge is 2.33. The van der Waals surface area contributed by atoms with Crippen LogP contribution in [-0.2, 0) is 6.18 Å². The molecule has 6 nitrogen and oxygen atoms in total. The van der Waals surface area contributed by atoms with Gasteiger partial charge < -0.3 is 20.1 Å². The Bertz CT molecular complexity index is 1460. The molecule has 0 aliphatic carbocycles. The molecule has 0 saturated carbocycles. The molecule has 0 unspecified atom stereocenters. The topological polar surface area (TPSA) is 72.5 Å². The number of alkyl halides is 3. The van der Waals surface area contributed by atoms with E-state index in [9.17, 15) is 18.0 Å². The van der Waals surface area contributed by atoms with E-state index >= 15 is 0 Å². The minimum atomic E-state index is -4.63. The average molecular weight is 548 g/mol. The highest BCUT2D eigenvalue weighted by molar-refractivity contribution is 7.99. The van der Waals surface area contributed by atoms with Crippen LogP contribution in [0.3, 0.4) is 0 Å². The van der Waals surface area contributed by atoms with E-state index in [0.29, 0.717) is 17.2 Å². The van der Waals surface area contributed by atoms with Crippen LogP contribution < -0.4 is 20.1 Å². The molecule has 0 radical (unpaired) electrons. The first-order valence-corrected chi connectivity index (χ1v) is 12.0. The number of amides is 2. The summed E-state index contributed by atoms with van der Waals surface area (Å²) in [4.78, 5) is 18.8. The molecule has 0 aliphatic rings. The van der Waals surface area contributed by atoms with Crippen molar-refractivity contribution in [1.29, 1.82) is 0 Å². The van der Waals surface area contributed by atoms with Gasteiger partial charge in [-0.1, -0.05) is 23.4 Å². The molecule has 192 valence electrons. The first-order chi connectivity index (χ1) is 17.6. The predicted molar refractivity (Wildman–Crippen MR) is 139 cm³/mol. The summed E-state index contributed by atoms with van der Waals surface area (Å²) in [5, 5.41) is 5.44. The number of fused-ring (bicyclic) bond motifs is 1. The van der Waals surface area contributed by atoms with Crippen LogP contribution in [0.1, 0.15) is 11.3 Å². The fourth-order valence-corrected chi connectivity index (χ4v) is 4.66. The molecule has 1 heterocycles. The lowest BCUT2D eigenvalue weighted by Gasteiger charge is -2.13. The number of benzene rings is 3. The number of nitrogens with one attached hydrogen (secondary N) is 2. The van der Waals surface area contributed by atoms with Crippen molar-refractivity contribution in [3.63, 3.8) is 0 Å². The Morgan fingerprint density at radius 1 is 0.919 bits per heavy atom. The number of ether oxygens (including phenoxy) is 2. The van der Waals surface area contributed by atoms with Crippen LogP contribution in [0.15, 0.2) is 70.5 Å². The second kappa shape index (κ2) is 10.8. The molecule has 0 spiro atoms. The molecule has 0 bridgehead atoms. The number of carbonyl (C=O) groups excluding carboxylic acids is 1. The highest BCUT2D eigenvalue weighted by atomic mass is 35.5. The van der Waals surface area contributed by atoms with Crippen molar-refractivity contribution in [2.45, 2.75) is 22.9 Å². The number of carbonyl (C=O) groups is 1. The monoisotopic (exact) mass is 547 g/mol. The number of anilines is 2. The molecule has 0 fully saturated rings. The fraction of sp³-hybridized carbons (Fsp3) is 0.154. The van der Waals surface area contributed by atoms with Crippen LogP contribution in [0, 0.1) is 6.92 Å². The summed E-state index contributed by atoms with van der Waals surface area (Å²) < 4.78 is 49.9. The second-order valence-electron chi connectivity index (χ2n) is 7.87. The highest BCUT2D eigenvalue weighted by Crippen LogP contribution is 2.37. The number of methoxy groups -OCH3 is 2. The smallest absolute Gasteiger partial charge is 0.417 e. The van der Waals surface area contributed by atoms with Crippen molar-refractivity contribution >= 4 is 51.7 Å².